The van der Waals surface area contributed by atoms with Crippen LogP contribution in [0.25, 0.3) is 5.69 Å². The lowest BCUT2D eigenvalue weighted by atomic mass is 10.2. The van der Waals surface area contributed by atoms with Crippen LogP contribution in [-0.4, -0.2) is 67.8 Å². The van der Waals surface area contributed by atoms with Gasteiger partial charge in [-0.2, -0.15) is 4.68 Å². The van der Waals surface area contributed by atoms with Gasteiger partial charge in [0.25, 0.3) is 0 Å². The largest absolute Gasteiger partial charge is 0.508 e. The lowest BCUT2D eigenvalue weighted by molar-refractivity contribution is -0.130. The number of nitrogens with zero attached hydrogens (tertiary/aromatic N) is 5. The van der Waals surface area contributed by atoms with E-state index in [2.05, 4.69) is 15.5 Å². The molecule has 1 aliphatic rings. The molecule has 12 heteroatoms. The Morgan fingerprint density at radius 3 is 2.77 bits per heavy atom. The molecule has 30 heavy (non-hydrogen) atoms. The number of rotatable bonds is 7. The number of thiophene rings is 1. The number of carbonyl (C=O) groups is 1. The Hall–Kier alpha value is -2.44. The molecule has 0 aliphatic carbocycles. The summed E-state index contributed by atoms with van der Waals surface area (Å²) in [6, 6.07) is 9.92. The molecule has 9 nitrogen and oxygen atoms in total. The highest BCUT2D eigenvalue weighted by molar-refractivity contribution is 7.99. The van der Waals surface area contributed by atoms with Gasteiger partial charge < -0.3 is 10.0 Å². The van der Waals surface area contributed by atoms with Crippen molar-refractivity contribution in [2.45, 2.75) is 24.2 Å². The van der Waals surface area contributed by atoms with Crippen molar-refractivity contribution in [1.82, 2.24) is 25.1 Å². The second-order valence-corrected chi connectivity index (χ2v) is 11.0. The smallest absolute Gasteiger partial charge is 0.233 e. The van der Waals surface area contributed by atoms with Crippen molar-refractivity contribution in [3.63, 3.8) is 0 Å². The fourth-order valence-electron chi connectivity index (χ4n) is 3.25. The van der Waals surface area contributed by atoms with Crippen LogP contribution in [0.3, 0.4) is 0 Å². The van der Waals surface area contributed by atoms with E-state index in [0.717, 1.165) is 4.88 Å². The van der Waals surface area contributed by atoms with Crippen LogP contribution >= 0.6 is 23.1 Å². The Balaban J connectivity index is 1.48. The molecule has 3 aromatic rings. The van der Waals surface area contributed by atoms with Gasteiger partial charge in [-0.05, 0) is 52.6 Å². The van der Waals surface area contributed by atoms with Gasteiger partial charge in [0.2, 0.25) is 11.1 Å². The summed E-state index contributed by atoms with van der Waals surface area (Å²) in [7, 11) is -3.11. The van der Waals surface area contributed by atoms with Gasteiger partial charge in [-0.3, -0.25) is 4.79 Å². The van der Waals surface area contributed by atoms with E-state index in [0.29, 0.717) is 23.8 Å². The van der Waals surface area contributed by atoms with Gasteiger partial charge >= 0.3 is 0 Å². The second-order valence-electron chi connectivity index (χ2n) is 6.84. The molecular formula is C18H19N5O4S3. The van der Waals surface area contributed by atoms with Crippen molar-refractivity contribution in [3.8, 4) is 11.4 Å². The fraction of sp³-hybridized carbons (Fsp3) is 0.333. The third-order valence-corrected chi connectivity index (χ3v) is 8.25. The first-order valence-corrected chi connectivity index (χ1v) is 12.8. The van der Waals surface area contributed by atoms with Gasteiger partial charge in [-0.15, -0.1) is 16.4 Å². The van der Waals surface area contributed by atoms with Crippen LogP contribution in [0.4, 0.5) is 0 Å². The summed E-state index contributed by atoms with van der Waals surface area (Å²) in [5.74, 6) is 0.168. The van der Waals surface area contributed by atoms with Crippen molar-refractivity contribution >= 4 is 38.8 Å². The number of sulfone groups is 1. The SMILES string of the molecule is O=C(CSc1nnnn1-c1ccc(O)cc1)N(Cc1cccs1)C1CCS(=O)(=O)C1. The summed E-state index contributed by atoms with van der Waals surface area (Å²) in [6.45, 7) is 0.389. The summed E-state index contributed by atoms with van der Waals surface area (Å²) in [5.41, 5.74) is 0.657. The summed E-state index contributed by atoms with van der Waals surface area (Å²) in [6.07, 6.45) is 0.454. The molecule has 0 radical (unpaired) electrons. The van der Waals surface area contributed by atoms with E-state index in [1.165, 1.54) is 39.9 Å². The minimum atomic E-state index is -3.11. The standard InChI is InChI=1S/C18H19N5O4S3/c24-15-5-3-13(4-6-15)23-18(19-20-21-23)29-11-17(25)22(10-16-2-1-8-28-16)14-7-9-30(26,27)12-14/h1-6,8,14,24H,7,9-12H2. The average Bonchev–Trinajstić information content (AvgIpc) is 3.46. The predicted octanol–water partition coefficient (Wildman–Crippen LogP) is 1.74. The Labute approximate surface area is 181 Å². The molecule has 1 fully saturated rings. The first-order chi connectivity index (χ1) is 14.4. The highest BCUT2D eigenvalue weighted by Gasteiger charge is 2.35. The number of aromatic hydroxyl groups is 1. The number of phenolic OH excluding ortho intramolecular Hbond substituents is 1. The fourth-order valence-corrected chi connectivity index (χ4v) is 6.46. The van der Waals surface area contributed by atoms with E-state index >= 15 is 0 Å². The third kappa shape index (κ3) is 4.82. The molecular weight excluding hydrogens is 446 g/mol. The number of thioether (sulfide) groups is 1. The summed E-state index contributed by atoms with van der Waals surface area (Å²) in [4.78, 5) is 15.7. The van der Waals surface area contributed by atoms with Gasteiger partial charge in [0.1, 0.15) is 5.75 Å². The van der Waals surface area contributed by atoms with Crippen LogP contribution in [0.5, 0.6) is 5.75 Å². The van der Waals surface area contributed by atoms with Crippen molar-refractivity contribution in [2.75, 3.05) is 17.3 Å². The van der Waals surface area contributed by atoms with Crippen molar-refractivity contribution in [3.05, 3.63) is 46.7 Å². The first-order valence-electron chi connectivity index (χ1n) is 9.14. The summed E-state index contributed by atoms with van der Waals surface area (Å²) >= 11 is 2.72. The maximum atomic E-state index is 13.1. The molecule has 1 amide bonds. The molecule has 0 bridgehead atoms. The van der Waals surface area contributed by atoms with Gasteiger partial charge in [0, 0.05) is 10.9 Å². The van der Waals surface area contributed by atoms with E-state index in [-0.39, 0.29) is 35.0 Å². The Morgan fingerprint density at radius 1 is 1.30 bits per heavy atom. The number of phenols is 1. The maximum Gasteiger partial charge on any atom is 0.233 e. The molecule has 0 spiro atoms. The number of carbonyl (C=O) groups excluding carboxylic acids is 1. The quantitative estimate of drug-likeness (QED) is 0.524. The number of tetrazole rings is 1. The maximum absolute atomic E-state index is 13.1. The van der Waals surface area contributed by atoms with E-state index < -0.39 is 9.84 Å². The molecule has 1 aromatic carbocycles. The molecule has 158 valence electrons. The monoisotopic (exact) mass is 465 g/mol. The lowest BCUT2D eigenvalue weighted by Gasteiger charge is -2.27. The van der Waals surface area contributed by atoms with Crippen molar-refractivity contribution in [1.29, 1.82) is 0 Å². The van der Waals surface area contributed by atoms with Crippen LogP contribution < -0.4 is 0 Å². The van der Waals surface area contributed by atoms with Gasteiger partial charge in [-0.1, -0.05) is 17.8 Å². The zero-order valence-corrected chi connectivity index (χ0v) is 18.2. The first kappa shape index (κ1) is 20.8. The van der Waals surface area contributed by atoms with Crippen LogP contribution in [0.1, 0.15) is 11.3 Å². The molecule has 1 N–H and O–H groups in total. The predicted molar refractivity (Wildman–Crippen MR) is 113 cm³/mol. The number of benzene rings is 1. The van der Waals surface area contributed by atoms with Crippen LogP contribution in [-0.2, 0) is 21.2 Å². The number of hydrogen-bond donors (Lipinski definition) is 1. The summed E-state index contributed by atoms with van der Waals surface area (Å²) in [5, 5.41) is 23.4. The minimum Gasteiger partial charge on any atom is -0.508 e. The van der Waals surface area contributed by atoms with E-state index in [4.69, 9.17) is 0 Å². The average molecular weight is 466 g/mol. The van der Waals surface area contributed by atoms with Gasteiger partial charge in [0.15, 0.2) is 9.84 Å². The van der Waals surface area contributed by atoms with Crippen molar-refractivity contribution < 1.29 is 18.3 Å². The molecule has 1 aliphatic heterocycles. The molecule has 1 saturated heterocycles. The van der Waals surface area contributed by atoms with E-state index in [1.807, 2.05) is 17.5 Å². The Morgan fingerprint density at radius 2 is 2.10 bits per heavy atom. The molecule has 0 saturated carbocycles. The number of hydrogen-bond acceptors (Lipinski definition) is 9. The number of amides is 1. The van der Waals surface area contributed by atoms with E-state index in [9.17, 15) is 18.3 Å². The van der Waals surface area contributed by atoms with Crippen molar-refractivity contribution in [2.24, 2.45) is 0 Å². The van der Waals surface area contributed by atoms with Gasteiger partial charge in [0.05, 0.1) is 29.5 Å². The zero-order chi connectivity index (χ0) is 21.1. The molecule has 3 heterocycles. The normalized spacial score (nSPS) is 17.8. The van der Waals surface area contributed by atoms with E-state index in [1.54, 1.807) is 17.0 Å². The highest BCUT2D eigenvalue weighted by Crippen LogP contribution is 2.25. The topological polar surface area (TPSA) is 118 Å². The Kier molecular flexibility index (Phi) is 6.06. The Bertz CT molecular complexity index is 1110. The zero-order valence-electron chi connectivity index (χ0n) is 15.8. The molecule has 1 atom stereocenters. The van der Waals surface area contributed by atoms with Crippen LogP contribution in [0.2, 0.25) is 0 Å². The molecule has 1 unspecified atom stereocenters. The molecule has 4 rings (SSSR count). The minimum absolute atomic E-state index is 0.0000282. The number of aromatic nitrogens is 4. The molecule has 2 aromatic heterocycles. The lowest BCUT2D eigenvalue weighted by Crippen LogP contribution is -2.41. The highest BCUT2D eigenvalue weighted by atomic mass is 32.2. The van der Waals surface area contributed by atoms with Crippen LogP contribution in [0.15, 0.2) is 46.9 Å². The second kappa shape index (κ2) is 8.74. The van der Waals surface area contributed by atoms with Crippen LogP contribution in [0, 0.1) is 0 Å². The summed E-state index contributed by atoms with van der Waals surface area (Å²) < 4.78 is 25.4. The van der Waals surface area contributed by atoms with Gasteiger partial charge in [-0.25, -0.2) is 8.42 Å². The third-order valence-electron chi connectivity index (χ3n) is 4.74.